The first-order valence-electron chi connectivity index (χ1n) is 8.48. The molecule has 4 rings (SSSR count). The molecule has 1 spiro atoms. The second-order valence-corrected chi connectivity index (χ2v) is 7.49. The molecular weight excluding hydrogens is 330 g/mol. The van der Waals surface area contributed by atoms with Crippen LogP contribution in [0.5, 0.6) is 11.5 Å². The van der Waals surface area contributed by atoms with Crippen LogP contribution in [-0.4, -0.2) is 34.5 Å². The maximum atomic E-state index is 13.1. The number of benzene rings is 2. The largest absolute Gasteiger partial charge is 0.508 e. The molecule has 0 radical (unpaired) electrons. The normalized spacial score (nSPS) is 23.6. The molecule has 0 saturated heterocycles. The minimum Gasteiger partial charge on any atom is -0.508 e. The van der Waals surface area contributed by atoms with Gasteiger partial charge in [-0.2, -0.15) is 0 Å². The quantitative estimate of drug-likeness (QED) is 0.827. The van der Waals surface area contributed by atoms with Gasteiger partial charge in [0.25, 0.3) is 5.91 Å². The van der Waals surface area contributed by atoms with Crippen molar-refractivity contribution in [2.24, 2.45) is 10.7 Å². The number of aromatic hydroxyl groups is 1. The molecule has 2 aliphatic heterocycles. The summed E-state index contributed by atoms with van der Waals surface area (Å²) in [6, 6.07) is 12.7. The summed E-state index contributed by atoms with van der Waals surface area (Å²) in [5.41, 5.74) is 6.77. The van der Waals surface area contributed by atoms with Crippen molar-refractivity contribution in [2.75, 3.05) is 7.05 Å². The van der Waals surface area contributed by atoms with E-state index in [1.165, 1.54) is 4.90 Å². The van der Waals surface area contributed by atoms with Crippen LogP contribution in [0.3, 0.4) is 0 Å². The number of nitrogens with two attached hydrogens (primary N) is 1. The van der Waals surface area contributed by atoms with Crippen molar-refractivity contribution in [1.82, 2.24) is 4.90 Å². The zero-order valence-electron chi connectivity index (χ0n) is 15.0. The predicted octanol–water partition coefficient (Wildman–Crippen LogP) is 2.60. The average molecular weight is 351 g/mol. The fraction of sp³-hybridized carbons (Fsp3) is 0.300. The summed E-state index contributed by atoms with van der Waals surface area (Å²) in [5, 5.41) is 9.77. The van der Waals surface area contributed by atoms with Crippen LogP contribution in [0.2, 0.25) is 0 Å². The Kier molecular flexibility index (Phi) is 3.31. The van der Waals surface area contributed by atoms with Crippen molar-refractivity contribution in [3.63, 3.8) is 0 Å². The van der Waals surface area contributed by atoms with Gasteiger partial charge < -0.3 is 15.6 Å². The molecule has 2 aliphatic rings. The van der Waals surface area contributed by atoms with E-state index in [9.17, 15) is 9.90 Å². The molecule has 0 saturated carbocycles. The van der Waals surface area contributed by atoms with Crippen LogP contribution < -0.4 is 10.5 Å². The van der Waals surface area contributed by atoms with E-state index in [2.05, 4.69) is 4.99 Å². The molecule has 1 unspecified atom stereocenters. The fourth-order valence-electron chi connectivity index (χ4n) is 3.84. The number of hydrogen-bond acceptors (Lipinski definition) is 5. The van der Waals surface area contributed by atoms with Crippen molar-refractivity contribution in [3.8, 4) is 22.6 Å². The summed E-state index contributed by atoms with van der Waals surface area (Å²) in [4.78, 5) is 19.0. The number of nitrogens with zero attached hydrogens (tertiary/aromatic N) is 2. The lowest BCUT2D eigenvalue weighted by Gasteiger charge is -2.41. The van der Waals surface area contributed by atoms with E-state index in [0.29, 0.717) is 17.7 Å². The number of hydrogen-bond donors (Lipinski definition) is 2. The number of amides is 1. The third-order valence-electron chi connectivity index (χ3n) is 4.98. The summed E-state index contributed by atoms with van der Waals surface area (Å²) in [5.74, 6) is 0.874. The smallest absolute Gasteiger partial charge is 0.261 e. The van der Waals surface area contributed by atoms with E-state index in [1.54, 1.807) is 25.2 Å². The molecule has 26 heavy (non-hydrogen) atoms. The maximum absolute atomic E-state index is 13.1. The first-order chi connectivity index (χ1) is 12.2. The molecule has 1 atom stereocenters. The SMILES string of the molecule is CN1C(=O)C2(CC(C)(C)Oc3ccc(-c4cccc(O)c4)cc32)N=C1N. The molecule has 0 aliphatic carbocycles. The van der Waals surface area contributed by atoms with Crippen molar-refractivity contribution in [1.29, 1.82) is 0 Å². The highest BCUT2D eigenvalue weighted by Crippen LogP contribution is 2.49. The second kappa shape index (κ2) is 5.24. The molecule has 1 amide bonds. The van der Waals surface area contributed by atoms with E-state index >= 15 is 0 Å². The third-order valence-corrected chi connectivity index (χ3v) is 4.98. The number of fused-ring (bicyclic) bond motifs is 2. The molecule has 2 aromatic carbocycles. The van der Waals surface area contributed by atoms with Gasteiger partial charge in [0.1, 0.15) is 17.1 Å². The Labute approximate surface area is 151 Å². The number of carbonyl (C=O) groups excluding carboxylic acids is 1. The highest BCUT2D eigenvalue weighted by molar-refractivity contribution is 6.07. The van der Waals surface area contributed by atoms with Gasteiger partial charge in [0, 0.05) is 19.0 Å². The lowest BCUT2D eigenvalue weighted by atomic mass is 9.77. The summed E-state index contributed by atoms with van der Waals surface area (Å²) >= 11 is 0. The lowest BCUT2D eigenvalue weighted by molar-refractivity contribution is -0.133. The van der Waals surface area contributed by atoms with Crippen molar-refractivity contribution < 1.29 is 14.6 Å². The number of ether oxygens (including phenoxy) is 1. The highest BCUT2D eigenvalue weighted by atomic mass is 16.5. The predicted molar refractivity (Wildman–Crippen MR) is 98.9 cm³/mol. The van der Waals surface area contributed by atoms with Crippen molar-refractivity contribution in [3.05, 3.63) is 48.0 Å². The summed E-state index contributed by atoms with van der Waals surface area (Å²) < 4.78 is 6.11. The molecule has 134 valence electrons. The number of likely N-dealkylation sites (N-methyl/N-ethyl adjacent to an activating group) is 1. The van der Waals surface area contributed by atoms with Gasteiger partial charge in [-0.15, -0.1) is 0 Å². The number of carbonyl (C=O) groups is 1. The van der Waals surface area contributed by atoms with E-state index in [4.69, 9.17) is 10.5 Å². The van der Waals surface area contributed by atoms with Gasteiger partial charge in [-0.05, 0) is 49.2 Å². The Morgan fingerprint density at radius 3 is 2.58 bits per heavy atom. The summed E-state index contributed by atoms with van der Waals surface area (Å²) in [7, 11) is 1.64. The molecule has 0 bridgehead atoms. The molecule has 2 aromatic rings. The van der Waals surface area contributed by atoms with Crippen LogP contribution in [0.15, 0.2) is 47.5 Å². The third kappa shape index (κ3) is 2.33. The molecule has 3 N–H and O–H groups in total. The monoisotopic (exact) mass is 351 g/mol. The van der Waals surface area contributed by atoms with E-state index < -0.39 is 11.1 Å². The Morgan fingerprint density at radius 1 is 1.19 bits per heavy atom. The summed E-state index contributed by atoms with van der Waals surface area (Å²) in [6.45, 7) is 3.89. The van der Waals surface area contributed by atoms with E-state index in [-0.39, 0.29) is 17.6 Å². The topological polar surface area (TPSA) is 88.2 Å². The number of phenols is 1. The molecule has 0 aromatic heterocycles. The first kappa shape index (κ1) is 16.4. The Balaban J connectivity index is 1.93. The Morgan fingerprint density at radius 2 is 1.92 bits per heavy atom. The van der Waals surface area contributed by atoms with Crippen molar-refractivity contribution >= 4 is 11.9 Å². The number of guanidine groups is 1. The van der Waals surface area contributed by atoms with Crippen LogP contribution >= 0.6 is 0 Å². The number of aliphatic imine (C=N–C) groups is 1. The van der Waals surface area contributed by atoms with Crippen LogP contribution in [0.1, 0.15) is 25.8 Å². The van der Waals surface area contributed by atoms with Crippen LogP contribution in [0.4, 0.5) is 0 Å². The number of rotatable bonds is 1. The number of phenolic OH excluding ortho intramolecular Hbond substituents is 1. The standard InChI is InChI=1S/C20H21N3O3/c1-19(2)11-20(17(25)23(3)18(21)22-20)15-10-13(7-8-16(15)26-19)12-5-4-6-14(24)9-12/h4-10,24H,11H2,1-3H3,(H2,21,22). The van der Waals surface area contributed by atoms with Gasteiger partial charge in [0.05, 0.1) is 0 Å². The van der Waals surface area contributed by atoms with Crippen LogP contribution in [0.25, 0.3) is 11.1 Å². The van der Waals surface area contributed by atoms with Gasteiger partial charge in [0.2, 0.25) is 0 Å². The average Bonchev–Trinajstić information content (AvgIpc) is 2.78. The molecule has 2 heterocycles. The minimum absolute atomic E-state index is 0.152. The fourth-order valence-corrected chi connectivity index (χ4v) is 3.84. The maximum Gasteiger partial charge on any atom is 0.261 e. The summed E-state index contributed by atoms with van der Waals surface area (Å²) in [6.07, 6.45) is 0.403. The molecule has 6 heteroatoms. The Hall–Kier alpha value is -3.02. The lowest BCUT2D eigenvalue weighted by Crippen LogP contribution is -2.49. The zero-order valence-corrected chi connectivity index (χ0v) is 15.0. The highest BCUT2D eigenvalue weighted by Gasteiger charge is 2.55. The van der Waals surface area contributed by atoms with Gasteiger partial charge in [0.15, 0.2) is 11.5 Å². The second-order valence-electron chi connectivity index (χ2n) is 7.49. The van der Waals surface area contributed by atoms with Gasteiger partial charge in [-0.3, -0.25) is 9.69 Å². The van der Waals surface area contributed by atoms with E-state index in [1.807, 2.05) is 38.1 Å². The minimum atomic E-state index is -1.08. The first-order valence-corrected chi connectivity index (χ1v) is 8.48. The Bertz CT molecular complexity index is 951. The van der Waals surface area contributed by atoms with E-state index in [0.717, 1.165) is 11.1 Å². The van der Waals surface area contributed by atoms with Crippen LogP contribution in [-0.2, 0) is 10.3 Å². The van der Waals surface area contributed by atoms with Crippen LogP contribution in [0, 0.1) is 0 Å². The van der Waals surface area contributed by atoms with Gasteiger partial charge in [-0.25, -0.2) is 4.99 Å². The molecule has 0 fully saturated rings. The van der Waals surface area contributed by atoms with Crippen molar-refractivity contribution in [2.45, 2.75) is 31.4 Å². The molecular formula is C20H21N3O3. The zero-order chi connectivity index (χ0) is 18.7. The van der Waals surface area contributed by atoms with Gasteiger partial charge >= 0.3 is 0 Å². The van der Waals surface area contributed by atoms with Gasteiger partial charge in [-0.1, -0.05) is 18.2 Å². The molecule has 6 nitrogen and oxygen atoms in total.